The van der Waals surface area contributed by atoms with Crippen LogP contribution in [0.1, 0.15) is 38.4 Å². The number of hydrogen-bond donors (Lipinski definition) is 2. The monoisotopic (exact) mass is 258 g/mol. The van der Waals surface area contributed by atoms with Gasteiger partial charge in [-0.3, -0.25) is 0 Å². The Labute approximate surface area is 102 Å². The van der Waals surface area contributed by atoms with Crippen LogP contribution in [0.25, 0.3) is 0 Å². The summed E-state index contributed by atoms with van der Waals surface area (Å²) in [5.41, 5.74) is 0.621. The highest BCUT2D eigenvalue weighted by Crippen LogP contribution is 2.24. The molecule has 0 spiro atoms. The van der Waals surface area contributed by atoms with Crippen LogP contribution in [0.3, 0.4) is 0 Å². The molecule has 1 aliphatic carbocycles. The van der Waals surface area contributed by atoms with Crippen molar-refractivity contribution < 1.29 is 13.5 Å². The van der Waals surface area contributed by atoms with Gasteiger partial charge in [-0.25, -0.2) is 13.1 Å². The molecule has 1 heterocycles. The van der Waals surface area contributed by atoms with Gasteiger partial charge in [-0.15, -0.1) is 0 Å². The van der Waals surface area contributed by atoms with E-state index in [1.807, 2.05) is 13.8 Å². The lowest BCUT2D eigenvalue weighted by molar-refractivity contribution is 0.268. The summed E-state index contributed by atoms with van der Waals surface area (Å²) in [7, 11) is -3.42. The number of aliphatic hydroxyl groups excluding tert-OH is 1. The number of aliphatic hydroxyl groups is 1. The molecule has 1 aromatic heterocycles. The van der Waals surface area contributed by atoms with Gasteiger partial charge in [0.1, 0.15) is 0 Å². The number of rotatable bonds is 5. The minimum atomic E-state index is -3.42. The first-order valence-corrected chi connectivity index (χ1v) is 7.26. The van der Waals surface area contributed by atoms with E-state index < -0.39 is 10.0 Å². The van der Waals surface area contributed by atoms with E-state index in [1.165, 1.54) is 6.07 Å². The van der Waals surface area contributed by atoms with E-state index in [2.05, 4.69) is 4.72 Å². The normalized spacial score (nSPS) is 16.7. The molecule has 0 aliphatic heterocycles. The summed E-state index contributed by atoms with van der Waals surface area (Å²) >= 11 is 0. The Morgan fingerprint density at radius 1 is 1.53 bits per heavy atom. The Morgan fingerprint density at radius 3 is 2.59 bits per heavy atom. The first-order chi connectivity index (χ1) is 7.94. The maximum Gasteiger partial charge on any atom is 0.242 e. The molecule has 0 aromatic carbocycles. The number of nitrogens with zero attached hydrogens (tertiary/aromatic N) is 1. The van der Waals surface area contributed by atoms with Gasteiger partial charge in [-0.1, -0.05) is 0 Å². The van der Waals surface area contributed by atoms with Gasteiger partial charge in [0.15, 0.2) is 0 Å². The average molecular weight is 258 g/mol. The van der Waals surface area contributed by atoms with Crippen LogP contribution in [0.2, 0.25) is 0 Å². The van der Waals surface area contributed by atoms with Crippen molar-refractivity contribution in [2.45, 2.75) is 50.3 Å². The molecule has 1 aliphatic rings. The maximum atomic E-state index is 12.0. The van der Waals surface area contributed by atoms with Crippen LogP contribution in [0, 0.1) is 0 Å². The summed E-state index contributed by atoms with van der Waals surface area (Å²) in [6.07, 6.45) is 3.41. The minimum absolute atomic E-state index is 0.0972. The Kier molecular flexibility index (Phi) is 3.29. The fourth-order valence-corrected chi connectivity index (χ4v) is 3.09. The lowest BCUT2D eigenvalue weighted by Gasteiger charge is -2.10. The zero-order valence-electron chi connectivity index (χ0n) is 10.0. The zero-order chi connectivity index (χ0) is 12.6. The number of sulfonamides is 1. The number of hydrogen-bond acceptors (Lipinski definition) is 3. The van der Waals surface area contributed by atoms with Crippen molar-refractivity contribution in [3.8, 4) is 0 Å². The van der Waals surface area contributed by atoms with Gasteiger partial charge in [-0.2, -0.15) is 0 Å². The predicted molar refractivity (Wildman–Crippen MR) is 64.1 cm³/mol. The molecule has 17 heavy (non-hydrogen) atoms. The van der Waals surface area contributed by atoms with Gasteiger partial charge in [0.05, 0.1) is 11.5 Å². The van der Waals surface area contributed by atoms with Crippen molar-refractivity contribution in [3.05, 3.63) is 18.0 Å². The topological polar surface area (TPSA) is 71.3 Å². The molecule has 0 saturated heterocycles. The molecule has 2 rings (SSSR count). The highest BCUT2D eigenvalue weighted by atomic mass is 32.2. The second kappa shape index (κ2) is 4.44. The molecular weight excluding hydrogens is 240 g/mol. The Hall–Kier alpha value is -0.850. The first-order valence-electron chi connectivity index (χ1n) is 5.78. The van der Waals surface area contributed by atoms with Crippen molar-refractivity contribution in [2.24, 2.45) is 0 Å². The molecule has 0 atom stereocenters. The van der Waals surface area contributed by atoms with E-state index in [1.54, 1.807) is 10.8 Å². The van der Waals surface area contributed by atoms with E-state index in [4.69, 9.17) is 0 Å². The Morgan fingerprint density at radius 2 is 2.18 bits per heavy atom. The molecule has 5 nitrogen and oxygen atoms in total. The minimum Gasteiger partial charge on any atom is -0.390 e. The fraction of sp³-hybridized carbons (Fsp3) is 0.636. The summed E-state index contributed by atoms with van der Waals surface area (Å²) in [5, 5.41) is 9.20. The van der Waals surface area contributed by atoms with Crippen LogP contribution in [0.4, 0.5) is 0 Å². The molecule has 0 amide bonds. The molecule has 1 fully saturated rings. The molecule has 1 saturated carbocycles. The quantitative estimate of drug-likeness (QED) is 0.827. The molecule has 2 N–H and O–H groups in total. The van der Waals surface area contributed by atoms with Gasteiger partial charge in [-0.05, 0) is 32.8 Å². The largest absolute Gasteiger partial charge is 0.390 e. The third-order valence-electron chi connectivity index (χ3n) is 2.83. The summed E-state index contributed by atoms with van der Waals surface area (Å²) < 4.78 is 28.4. The number of nitrogens with one attached hydrogen (secondary N) is 1. The van der Waals surface area contributed by atoms with Crippen LogP contribution >= 0.6 is 0 Å². The van der Waals surface area contributed by atoms with E-state index >= 15 is 0 Å². The van der Waals surface area contributed by atoms with Gasteiger partial charge < -0.3 is 9.67 Å². The number of aromatic nitrogens is 1. The van der Waals surface area contributed by atoms with Crippen LogP contribution < -0.4 is 4.72 Å². The second-order valence-electron chi connectivity index (χ2n) is 4.72. The van der Waals surface area contributed by atoms with E-state index in [-0.39, 0.29) is 23.6 Å². The average Bonchev–Trinajstić information content (AvgIpc) is 2.93. The van der Waals surface area contributed by atoms with E-state index in [0.717, 1.165) is 12.8 Å². The van der Waals surface area contributed by atoms with Crippen molar-refractivity contribution >= 4 is 10.0 Å². The highest BCUT2D eigenvalue weighted by Gasteiger charge is 2.29. The third-order valence-corrected chi connectivity index (χ3v) is 4.32. The van der Waals surface area contributed by atoms with Gasteiger partial charge in [0.2, 0.25) is 10.0 Å². The maximum absolute atomic E-state index is 12.0. The smallest absolute Gasteiger partial charge is 0.242 e. The fourth-order valence-electron chi connectivity index (χ4n) is 1.74. The second-order valence-corrected chi connectivity index (χ2v) is 6.44. The molecule has 6 heteroatoms. The van der Waals surface area contributed by atoms with Crippen molar-refractivity contribution in [3.63, 3.8) is 0 Å². The Balaban J connectivity index is 2.31. The third kappa shape index (κ3) is 2.70. The summed E-state index contributed by atoms with van der Waals surface area (Å²) in [6, 6.07) is 1.76. The van der Waals surface area contributed by atoms with E-state index in [9.17, 15) is 13.5 Å². The molecule has 1 aromatic rings. The summed E-state index contributed by atoms with van der Waals surface area (Å²) in [4.78, 5) is 0.238. The first kappa shape index (κ1) is 12.6. The Bertz CT molecular complexity index is 501. The summed E-state index contributed by atoms with van der Waals surface area (Å²) in [6.45, 7) is 3.74. The van der Waals surface area contributed by atoms with Crippen LogP contribution in [-0.2, 0) is 16.6 Å². The zero-order valence-corrected chi connectivity index (χ0v) is 10.9. The molecule has 0 unspecified atom stereocenters. The van der Waals surface area contributed by atoms with Crippen molar-refractivity contribution in [1.82, 2.24) is 9.29 Å². The standard InChI is InChI=1S/C11H18N2O3S/c1-8(2)13-6-11(5-10(13)7-14)17(15,16)12-9-3-4-9/h5-6,8-9,12,14H,3-4,7H2,1-2H3. The van der Waals surface area contributed by atoms with Gasteiger partial charge >= 0.3 is 0 Å². The van der Waals surface area contributed by atoms with Gasteiger partial charge in [0, 0.05) is 24.0 Å². The summed E-state index contributed by atoms with van der Waals surface area (Å²) in [5.74, 6) is 0. The molecule has 96 valence electrons. The lowest BCUT2D eigenvalue weighted by atomic mass is 10.3. The molecular formula is C11H18N2O3S. The van der Waals surface area contributed by atoms with E-state index in [0.29, 0.717) is 5.69 Å². The van der Waals surface area contributed by atoms with Gasteiger partial charge in [0.25, 0.3) is 0 Å². The SMILES string of the molecule is CC(C)n1cc(S(=O)(=O)NC2CC2)cc1CO. The lowest BCUT2D eigenvalue weighted by Crippen LogP contribution is -2.25. The molecule has 0 bridgehead atoms. The van der Waals surface area contributed by atoms with Crippen molar-refractivity contribution in [2.75, 3.05) is 0 Å². The predicted octanol–water partition coefficient (Wildman–Crippen LogP) is 1.00. The van der Waals surface area contributed by atoms with Crippen LogP contribution in [0.15, 0.2) is 17.2 Å². The highest BCUT2D eigenvalue weighted by molar-refractivity contribution is 7.89. The van der Waals surface area contributed by atoms with Crippen molar-refractivity contribution in [1.29, 1.82) is 0 Å². The van der Waals surface area contributed by atoms with Crippen LogP contribution in [-0.4, -0.2) is 24.1 Å². The molecule has 0 radical (unpaired) electrons. The van der Waals surface area contributed by atoms with Crippen LogP contribution in [0.5, 0.6) is 0 Å².